The van der Waals surface area contributed by atoms with Crippen LogP contribution in [0, 0.1) is 0 Å². The second-order valence-corrected chi connectivity index (χ2v) is 5.46. The first-order valence-corrected chi connectivity index (χ1v) is 7.96. The van der Waals surface area contributed by atoms with E-state index in [4.69, 9.17) is 4.74 Å². The van der Waals surface area contributed by atoms with Crippen molar-refractivity contribution in [2.45, 2.75) is 25.6 Å². The zero-order chi connectivity index (χ0) is 18.1. The van der Waals surface area contributed by atoms with Crippen LogP contribution >= 0.6 is 0 Å². The van der Waals surface area contributed by atoms with Crippen LogP contribution in [-0.2, 0) is 16.0 Å². The third-order valence-electron chi connectivity index (χ3n) is 3.73. The summed E-state index contributed by atoms with van der Waals surface area (Å²) in [6.45, 7) is -2.45. The molecule has 4 nitrogen and oxygen atoms in total. The average Bonchev–Trinajstić information content (AvgIpc) is 2.62. The Kier molecular flexibility index (Phi) is 7.35. The van der Waals surface area contributed by atoms with E-state index in [1.54, 1.807) is 19.2 Å². The Morgan fingerprint density at radius 2 is 1.76 bits per heavy atom. The fraction of sp³-hybridized carbons (Fsp3) is 0.316. The van der Waals surface area contributed by atoms with E-state index in [-0.39, 0.29) is 17.8 Å². The van der Waals surface area contributed by atoms with Gasteiger partial charge in [0.15, 0.2) is 0 Å². The number of rotatable bonds is 9. The Labute approximate surface area is 145 Å². The summed E-state index contributed by atoms with van der Waals surface area (Å²) in [5.41, 5.74) is 1.88. The van der Waals surface area contributed by atoms with Crippen LogP contribution in [0.3, 0.4) is 0 Å². The maximum atomic E-state index is 12.1. The predicted octanol–water partition coefficient (Wildman–Crippen LogP) is 3.72. The highest BCUT2D eigenvalue weighted by molar-refractivity contribution is 5.76. The van der Waals surface area contributed by atoms with Gasteiger partial charge in [-0.1, -0.05) is 42.5 Å². The van der Waals surface area contributed by atoms with Crippen molar-refractivity contribution < 1.29 is 23.0 Å². The molecule has 0 radical (unpaired) electrons. The molecule has 134 valence electrons. The molecule has 0 fully saturated rings. The fourth-order valence-corrected chi connectivity index (χ4v) is 2.40. The number of hydrogen-bond acceptors (Lipinski definition) is 3. The van der Waals surface area contributed by atoms with Crippen molar-refractivity contribution in [1.29, 1.82) is 0 Å². The number of amides is 1. The molecular formula is C19H21F2NO3. The maximum absolute atomic E-state index is 12.1. The van der Waals surface area contributed by atoms with E-state index in [2.05, 4.69) is 10.1 Å². The number of methoxy groups -OCH3 is 1. The molecule has 1 amide bonds. The number of alkyl halides is 2. The van der Waals surface area contributed by atoms with E-state index in [1.165, 1.54) is 12.1 Å². The first-order valence-electron chi connectivity index (χ1n) is 7.96. The third kappa shape index (κ3) is 6.51. The molecule has 0 saturated carbocycles. The monoisotopic (exact) mass is 349 g/mol. The summed E-state index contributed by atoms with van der Waals surface area (Å²) >= 11 is 0. The van der Waals surface area contributed by atoms with Gasteiger partial charge in [-0.2, -0.15) is 8.78 Å². The Balaban J connectivity index is 1.76. The van der Waals surface area contributed by atoms with Crippen molar-refractivity contribution in [3.05, 3.63) is 65.7 Å². The van der Waals surface area contributed by atoms with Gasteiger partial charge in [0.1, 0.15) is 5.75 Å². The molecule has 0 aromatic heterocycles. The summed E-state index contributed by atoms with van der Waals surface area (Å²) < 4.78 is 33.9. The van der Waals surface area contributed by atoms with Gasteiger partial charge in [-0.05, 0) is 29.7 Å². The van der Waals surface area contributed by atoms with Gasteiger partial charge in [0.25, 0.3) is 0 Å². The van der Waals surface area contributed by atoms with E-state index in [9.17, 15) is 13.6 Å². The first kappa shape index (κ1) is 18.9. The molecule has 0 aliphatic carbocycles. The van der Waals surface area contributed by atoms with Crippen molar-refractivity contribution in [2.24, 2.45) is 0 Å². The van der Waals surface area contributed by atoms with Gasteiger partial charge in [0, 0.05) is 20.1 Å². The molecule has 0 aliphatic rings. The van der Waals surface area contributed by atoms with Gasteiger partial charge in [0.05, 0.1) is 6.10 Å². The summed E-state index contributed by atoms with van der Waals surface area (Å²) in [6.07, 6.45) is 0.625. The molecule has 0 bridgehead atoms. The molecule has 2 rings (SSSR count). The smallest absolute Gasteiger partial charge is 0.387 e. The van der Waals surface area contributed by atoms with Crippen LogP contribution in [0.2, 0.25) is 0 Å². The van der Waals surface area contributed by atoms with Gasteiger partial charge in [-0.15, -0.1) is 0 Å². The van der Waals surface area contributed by atoms with E-state index >= 15 is 0 Å². The number of carbonyl (C=O) groups is 1. The zero-order valence-corrected chi connectivity index (χ0v) is 14.0. The molecule has 25 heavy (non-hydrogen) atoms. The van der Waals surface area contributed by atoms with Crippen molar-refractivity contribution in [3.63, 3.8) is 0 Å². The van der Waals surface area contributed by atoms with Gasteiger partial charge in [-0.25, -0.2) is 0 Å². The Morgan fingerprint density at radius 3 is 2.36 bits per heavy atom. The minimum Gasteiger partial charge on any atom is -0.435 e. The highest BCUT2D eigenvalue weighted by atomic mass is 19.3. The van der Waals surface area contributed by atoms with Crippen molar-refractivity contribution in [2.75, 3.05) is 13.7 Å². The molecule has 2 aromatic carbocycles. The van der Waals surface area contributed by atoms with E-state index < -0.39 is 6.61 Å². The summed E-state index contributed by atoms with van der Waals surface area (Å²) in [5.74, 6) is 0.0138. The minimum atomic E-state index is -2.84. The largest absolute Gasteiger partial charge is 0.435 e. The molecule has 6 heteroatoms. The van der Waals surface area contributed by atoms with Gasteiger partial charge < -0.3 is 14.8 Å². The number of ether oxygens (including phenoxy) is 2. The molecule has 0 saturated heterocycles. The van der Waals surface area contributed by atoms with Crippen molar-refractivity contribution in [1.82, 2.24) is 5.32 Å². The quantitative estimate of drug-likeness (QED) is 0.750. The van der Waals surface area contributed by atoms with Gasteiger partial charge in [0.2, 0.25) is 5.91 Å². The topological polar surface area (TPSA) is 47.6 Å². The number of hydrogen-bond donors (Lipinski definition) is 1. The third-order valence-corrected chi connectivity index (χ3v) is 3.73. The Hall–Kier alpha value is -2.47. The molecular weight excluding hydrogens is 328 g/mol. The minimum absolute atomic E-state index is 0.0918. The maximum Gasteiger partial charge on any atom is 0.387 e. The van der Waals surface area contributed by atoms with Crippen LogP contribution in [0.25, 0.3) is 0 Å². The molecule has 1 N–H and O–H groups in total. The average molecular weight is 349 g/mol. The van der Waals surface area contributed by atoms with Crippen LogP contribution in [0.4, 0.5) is 8.78 Å². The molecule has 1 atom stereocenters. The summed E-state index contributed by atoms with van der Waals surface area (Å²) in [5, 5.41) is 2.85. The normalized spacial score (nSPS) is 12.0. The first-order chi connectivity index (χ1) is 12.1. The van der Waals surface area contributed by atoms with E-state index in [0.717, 1.165) is 11.1 Å². The van der Waals surface area contributed by atoms with Crippen molar-refractivity contribution >= 4 is 5.91 Å². The Morgan fingerprint density at radius 1 is 1.08 bits per heavy atom. The number of nitrogens with one attached hydrogen (secondary N) is 1. The van der Waals surface area contributed by atoms with Crippen LogP contribution in [0.1, 0.15) is 23.7 Å². The summed E-state index contributed by atoms with van der Waals surface area (Å²) in [7, 11) is 1.60. The lowest BCUT2D eigenvalue weighted by molar-refractivity contribution is -0.121. The zero-order valence-electron chi connectivity index (χ0n) is 14.0. The SMILES string of the molecule is COC(CNC(=O)CCc1ccc(OC(F)F)cc1)c1ccccc1. The van der Waals surface area contributed by atoms with Crippen LogP contribution < -0.4 is 10.1 Å². The van der Waals surface area contributed by atoms with E-state index in [1.807, 2.05) is 30.3 Å². The molecule has 0 spiro atoms. The number of halogens is 2. The van der Waals surface area contributed by atoms with Crippen LogP contribution in [0.15, 0.2) is 54.6 Å². The standard InChI is InChI=1S/C19H21F2NO3/c1-24-17(15-5-3-2-4-6-15)13-22-18(23)12-9-14-7-10-16(11-8-14)25-19(20)21/h2-8,10-11,17,19H,9,12-13H2,1H3,(H,22,23). The highest BCUT2D eigenvalue weighted by Gasteiger charge is 2.12. The highest BCUT2D eigenvalue weighted by Crippen LogP contribution is 2.16. The number of aryl methyl sites for hydroxylation is 1. The van der Waals surface area contributed by atoms with Gasteiger partial charge in [-0.3, -0.25) is 4.79 Å². The lowest BCUT2D eigenvalue weighted by Gasteiger charge is -2.16. The molecule has 0 aliphatic heterocycles. The summed E-state index contributed by atoms with van der Waals surface area (Å²) in [4.78, 5) is 12.0. The molecule has 0 heterocycles. The van der Waals surface area contributed by atoms with E-state index in [0.29, 0.717) is 19.4 Å². The number of carbonyl (C=O) groups excluding carboxylic acids is 1. The fourth-order valence-electron chi connectivity index (χ4n) is 2.40. The molecule has 2 aromatic rings. The Bertz CT molecular complexity index is 647. The van der Waals surface area contributed by atoms with Crippen LogP contribution in [0.5, 0.6) is 5.75 Å². The lowest BCUT2D eigenvalue weighted by atomic mass is 10.1. The lowest BCUT2D eigenvalue weighted by Crippen LogP contribution is -2.29. The summed E-state index contributed by atoms with van der Waals surface area (Å²) in [6, 6.07) is 15.9. The molecule has 1 unspecified atom stereocenters. The van der Waals surface area contributed by atoms with Gasteiger partial charge >= 0.3 is 6.61 Å². The predicted molar refractivity (Wildman–Crippen MR) is 90.6 cm³/mol. The van der Waals surface area contributed by atoms with Crippen molar-refractivity contribution in [3.8, 4) is 5.75 Å². The number of benzene rings is 2. The second-order valence-electron chi connectivity index (χ2n) is 5.46. The van der Waals surface area contributed by atoms with Crippen LogP contribution in [-0.4, -0.2) is 26.2 Å². The second kappa shape index (κ2) is 9.74.